The van der Waals surface area contributed by atoms with Crippen LogP contribution in [0.15, 0.2) is 24.3 Å². The molecule has 0 saturated heterocycles. The molecule has 0 fully saturated rings. The number of hydrogen-bond acceptors (Lipinski definition) is 4. The SMILES string of the molecule is CCc1cccc(OCc2nc(C(C)(C)C)c(C#N)s2)c1. The van der Waals surface area contributed by atoms with Gasteiger partial charge in [-0.15, -0.1) is 11.3 Å². The summed E-state index contributed by atoms with van der Waals surface area (Å²) in [6.45, 7) is 8.73. The first-order chi connectivity index (χ1) is 9.94. The van der Waals surface area contributed by atoms with E-state index in [2.05, 4.69) is 44.8 Å². The molecule has 0 bridgehead atoms. The van der Waals surface area contributed by atoms with E-state index in [1.807, 2.05) is 18.2 Å². The molecule has 0 aliphatic rings. The standard InChI is InChI=1S/C17H20N2OS/c1-5-12-7-6-8-13(9-12)20-11-15-19-16(17(2,3)4)14(10-18)21-15/h6-9H,5,11H2,1-4H3. The summed E-state index contributed by atoms with van der Waals surface area (Å²) in [6, 6.07) is 10.3. The number of aryl methyl sites for hydroxylation is 1. The van der Waals surface area contributed by atoms with Crippen LogP contribution in [0, 0.1) is 11.3 Å². The maximum Gasteiger partial charge on any atom is 0.140 e. The van der Waals surface area contributed by atoms with Gasteiger partial charge in [0.25, 0.3) is 0 Å². The molecule has 0 aliphatic heterocycles. The highest BCUT2D eigenvalue weighted by atomic mass is 32.1. The Bertz CT molecular complexity index is 662. The lowest BCUT2D eigenvalue weighted by Gasteiger charge is -2.15. The Morgan fingerprint density at radius 2 is 2.10 bits per heavy atom. The Morgan fingerprint density at radius 3 is 2.67 bits per heavy atom. The molecule has 4 heteroatoms. The summed E-state index contributed by atoms with van der Waals surface area (Å²) in [6.07, 6.45) is 0.987. The monoisotopic (exact) mass is 300 g/mol. The van der Waals surface area contributed by atoms with Gasteiger partial charge < -0.3 is 4.74 Å². The number of ether oxygens (including phenoxy) is 1. The molecule has 110 valence electrons. The van der Waals surface area contributed by atoms with Crippen molar-refractivity contribution in [2.75, 3.05) is 0 Å². The second-order valence-electron chi connectivity index (χ2n) is 5.94. The first-order valence-electron chi connectivity index (χ1n) is 7.06. The van der Waals surface area contributed by atoms with Crippen LogP contribution in [0.25, 0.3) is 0 Å². The minimum atomic E-state index is -0.123. The van der Waals surface area contributed by atoms with Gasteiger partial charge in [0.15, 0.2) is 0 Å². The summed E-state index contributed by atoms with van der Waals surface area (Å²) in [5, 5.41) is 10.1. The Kier molecular flexibility index (Phi) is 4.64. The van der Waals surface area contributed by atoms with E-state index < -0.39 is 0 Å². The molecule has 0 atom stereocenters. The fourth-order valence-electron chi connectivity index (χ4n) is 2.01. The molecular formula is C17H20N2OS. The van der Waals surface area contributed by atoms with E-state index in [-0.39, 0.29) is 5.41 Å². The Hall–Kier alpha value is -1.86. The van der Waals surface area contributed by atoms with Gasteiger partial charge in [-0.25, -0.2) is 4.98 Å². The summed E-state index contributed by atoms with van der Waals surface area (Å²) >= 11 is 1.42. The minimum absolute atomic E-state index is 0.123. The third-order valence-corrected chi connectivity index (χ3v) is 4.09. The van der Waals surface area contributed by atoms with E-state index in [0.29, 0.717) is 11.5 Å². The van der Waals surface area contributed by atoms with Crippen molar-refractivity contribution in [3.8, 4) is 11.8 Å². The minimum Gasteiger partial charge on any atom is -0.486 e. The van der Waals surface area contributed by atoms with Crippen molar-refractivity contribution in [3.63, 3.8) is 0 Å². The molecule has 2 rings (SSSR count). The van der Waals surface area contributed by atoms with Crippen molar-refractivity contribution in [1.29, 1.82) is 5.26 Å². The third-order valence-electron chi connectivity index (χ3n) is 3.15. The van der Waals surface area contributed by atoms with E-state index in [4.69, 9.17) is 4.74 Å². The van der Waals surface area contributed by atoms with Gasteiger partial charge in [-0.1, -0.05) is 39.8 Å². The van der Waals surface area contributed by atoms with Gasteiger partial charge in [0.2, 0.25) is 0 Å². The van der Waals surface area contributed by atoms with Crippen LogP contribution in [0.5, 0.6) is 5.75 Å². The molecular weight excluding hydrogens is 280 g/mol. The summed E-state index contributed by atoms with van der Waals surface area (Å²) in [5.41, 5.74) is 1.98. The lowest BCUT2D eigenvalue weighted by molar-refractivity contribution is 0.304. The van der Waals surface area contributed by atoms with Gasteiger partial charge in [-0.05, 0) is 24.1 Å². The normalized spacial score (nSPS) is 11.2. The summed E-state index contributed by atoms with van der Waals surface area (Å²) in [4.78, 5) is 5.26. The molecule has 0 amide bonds. The van der Waals surface area contributed by atoms with E-state index in [0.717, 1.165) is 22.9 Å². The van der Waals surface area contributed by atoms with Crippen molar-refractivity contribution >= 4 is 11.3 Å². The second-order valence-corrected chi connectivity index (χ2v) is 7.02. The molecule has 0 unspecified atom stereocenters. The molecule has 0 spiro atoms. The van der Waals surface area contributed by atoms with Crippen LogP contribution < -0.4 is 4.74 Å². The average molecular weight is 300 g/mol. The van der Waals surface area contributed by atoms with Crippen LogP contribution in [-0.4, -0.2) is 4.98 Å². The van der Waals surface area contributed by atoms with Gasteiger partial charge in [-0.3, -0.25) is 0 Å². The molecule has 3 nitrogen and oxygen atoms in total. The Morgan fingerprint density at radius 1 is 1.33 bits per heavy atom. The zero-order chi connectivity index (χ0) is 15.5. The van der Waals surface area contributed by atoms with Crippen LogP contribution in [0.2, 0.25) is 0 Å². The van der Waals surface area contributed by atoms with Gasteiger partial charge in [-0.2, -0.15) is 5.26 Å². The number of rotatable bonds is 4. The lowest BCUT2D eigenvalue weighted by atomic mass is 9.91. The van der Waals surface area contributed by atoms with E-state index >= 15 is 0 Å². The number of nitriles is 1. The molecule has 0 aliphatic carbocycles. The second kappa shape index (κ2) is 6.28. The zero-order valence-corrected chi connectivity index (χ0v) is 13.8. The van der Waals surface area contributed by atoms with Crippen LogP contribution >= 0.6 is 11.3 Å². The van der Waals surface area contributed by atoms with Crippen LogP contribution in [0.4, 0.5) is 0 Å². The molecule has 0 N–H and O–H groups in total. The van der Waals surface area contributed by atoms with Gasteiger partial charge >= 0.3 is 0 Å². The Labute approximate surface area is 130 Å². The number of benzene rings is 1. The molecule has 0 radical (unpaired) electrons. The summed E-state index contributed by atoms with van der Waals surface area (Å²) in [7, 11) is 0. The molecule has 1 heterocycles. The highest BCUT2D eigenvalue weighted by molar-refractivity contribution is 7.12. The first kappa shape index (κ1) is 15.5. The molecule has 2 aromatic rings. The fraction of sp³-hybridized carbons (Fsp3) is 0.412. The predicted octanol–water partition coefficient (Wildman–Crippen LogP) is 4.45. The number of aromatic nitrogens is 1. The first-order valence-corrected chi connectivity index (χ1v) is 7.87. The fourth-order valence-corrected chi connectivity index (χ4v) is 3.00. The molecule has 21 heavy (non-hydrogen) atoms. The summed E-state index contributed by atoms with van der Waals surface area (Å²) in [5.74, 6) is 0.848. The highest BCUT2D eigenvalue weighted by Gasteiger charge is 2.23. The van der Waals surface area contributed by atoms with E-state index in [9.17, 15) is 5.26 Å². The number of thiazole rings is 1. The highest BCUT2D eigenvalue weighted by Crippen LogP contribution is 2.29. The van der Waals surface area contributed by atoms with E-state index in [1.54, 1.807) is 0 Å². The quantitative estimate of drug-likeness (QED) is 0.837. The van der Waals surface area contributed by atoms with Crippen molar-refractivity contribution in [1.82, 2.24) is 4.98 Å². The zero-order valence-electron chi connectivity index (χ0n) is 12.9. The van der Waals surface area contributed by atoms with Crippen molar-refractivity contribution in [2.24, 2.45) is 0 Å². The van der Waals surface area contributed by atoms with E-state index in [1.165, 1.54) is 16.9 Å². The molecule has 1 aromatic heterocycles. The van der Waals surface area contributed by atoms with Crippen LogP contribution in [0.3, 0.4) is 0 Å². The van der Waals surface area contributed by atoms with Crippen molar-refractivity contribution < 1.29 is 4.74 Å². The number of nitrogens with zero attached hydrogens (tertiary/aromatic N) is 2. The maximum absolute atomic E-state index is 9.23. The number of hydrogen-bond donors (Lipinski definition) is 0. The molecule has 0 saturated carbocycles. The topological polar surface area (TPSA) is 45.9 Å². The largest absolute Gasteiger partial charge is 0.486 e. The van der Waals surface area contributed by atoms with Crippen molar-refractivity contribution in [3.05, 3.63) is 45.4 Å². The van der Waals surface area contributed by atoms with Crippen LogP contribution in [0.1, 0.15) is 48.8 Å². The third kappa shape index (κ3) is 3.83. The summed E-state index contributed by atoms with van der Waals surface area (Å²) < 4.78 is 5.80. The smallest absolute Gasteiger partial charge is 0.140 e. The Balaban J connectivity index is 2.14. The van der Waals surface area contributed by atoms with Gasteiger partial charge in [0.1, 0.15) is 28.3 Å². The van der Waals surface area contributed by atoms with Crippen molar-refractivity contribution in [2.45, 2.75) is 46.1 Å². The van der Waals surface area contributed by atoms with Crippen LogP contribution in [-0.2, 0) is 18.4 Å². The predicted molar refractivity (Wildman–Crippen MR) is 85.7 cm³/mol. The lowest BCUT2D eigenvalue weighted by Crippen LogP contribution is -2.13. The average Bonchev–Trinajstić information content (AvgIpc) is 2.89. The maximum atomic E-state index is 9.23. The molecule has 1 aromatic carbocycles. The van der Waals surface area contributed by atoms with Gasteiger partial charge in [0.05, 0.1) is 5.69 Å². The van der Waals surface area contributed by atoms with Gasteiger partial charge in [0, 0.05) is 5.41 Å².